The van der Waals surface area contributed by atoms with E-state index in [2.05, 4.69) is 5.32 Å². The first-order valence-corrected chi connectivity index (χ1v) is 7.79. The number of nitrogens with one attached hydrogen (secondary N) is 1. The van der Waals surface area contributed by atoms with Gasteiger partial charge in [-0.1, -0.05) is 17.7 Å². The van der Waals surface area contributed by atoms with Crippen LogP contribution in [-0.2, 0) is 14.3 Å². The van der Waals surface area contributed by atoms with Crippen molar-refractivity contribution in [1.29, 1.82) is 0 Å². The average molecular weight is 362 g/mol. The van der Waals surface area contributed by atoms with Crippen molar-refractivity contribution < 1.29 is 23.9 Å². The molecule has 0 radical (unpaired) electrons. The van der Waals surface area contributed by atoms with Gasteiger partial charge in [0, 0.05) is 16.3 Å². The van der Waals surface area contributed by atoms with Crippen molar-refractivity contribution in [3.63, 3.8) is 0 Å². The zero-order valence-corrected chi connectivity index (χ0v) is 14.2. The number of carbonyl (C=O) groups is 3. The second-order valence-corrected chi connectivity index (χ2v) is 5.54. The van der Waals surface area contributed by atoms with Crippen LogP contribution < -0.4 is 10.1 Å². The zero-order chi connectivity index (χ0) is 18.2. The van der Waals surface area contributed by atoms with Crippen molar-refractivity contribution in [2.24, 2.45) is 0 Å². The third-order valence-corrected chi connectivity index (χ3v) is 3.38. The number of rotatable bonds is 7. The van der Waals surface area contributed by atoms with E-state index in [0.717, 1.165) is 0 Å². The number of ether oxygens (including phenoxy) is 2. The van der Waals surface area contributed by atoms with Crippen LogP contribution in [0, 0.1) is 0 Å². The van der Waals surface area contributed by atoms with Crippen LogP contribution in [-0.4, -0.2) is 30.9 Å². The highest BCUT2D eigenvalue weighted by Gasteiger charge is 2.18. The molecule has 25 heavy (non-hydrogen) atoms. The number of anilines is 1. The van der Waals surface area contributed by atoms with E-state index in [1.165, 1.54) is 6.92 Å². The summed E-state index contributed by atoms with van der Waals surface area (Å²) in [6, 6.07) is 12.9. The maximum atomic E-state index is 12.0. The van der Waals surface area contributed by atoms with E-state index >= 15 is 0 Å². The molecule has 7 heteroatoms. The summed E-state index contributed by atoms with van der Waals surface area (Å²) >= 11 is 5.84. The van der Waals surface area contributed by atoms with Crippen molar-refractivity contribution in [2.45, 2.75) is 13.0 Å². The van der Waals surface area contributed by atoms with E-state index in [-0.39, 0.29) is 6.61 Å². The van der Waals surface area contributed by atoms with Crippen LogP contribution in [0.5, 0.6) is 5.75 Å². The molecule has 1 amide bonds. The van der Waals surface area contributed by atoms with Crippen LogP contribution in [0.4, 0.5) is 5.69 Å². The predicted octanol–water partition coefficient (Wildman–Crippen LogP) is 3.10. The Labute approximate surface area is 149 Å². The molecule has 0 aliphatic carbocycles. The molecule has 2 rings (SSSR count). The van der Waals surface area contributed by atoms with Gasteiger partial charge in [-0.3, -0.25) is 9.59 Å². The third-order valence-electron chi connectivity index (χ3n) is 3.14. The summed E-state index contributed by atoms with van der Waals surface area (Å²) in [7, 11) is 0. The molecule has 0 saturated heterocycles. The second kappa shape index (κ2) is 8.84. The van der Waals surface area contributed by atoms with Crippen LogP contribution in [0.2, 0.25) is 5.02 Å². The van der Waals surface area contributed by atoms with Crippen molar-refractivity contribution in [3.8, 4) is 5.75 Å². The molecule has 0 saturated carbocycles. The molecule has 6 nitrogen and oxygen atoms in total. The lowest BCUT2D eigenvalue weighted by Gasteiger charge is -2.14. The van der Waals surface area contributed by atoms with Gasteiger partial charge in [-0.2, -0.15) is 0 Å². The molecule has 2 aromatic carbocycles. The first kappa shape index (κ1) is 18.5. The molecule has 0 heterocycles. The molecular weight excluding hydrogens is 346 g/mol. The van der Waals surface area contributed by atoms with Gasteiger partial charge in [-0.25, -0.2) is 4.79 Å². The fraction of sp³-hybridized carbons (Fsp3) is 0.167. The largest absolute Gasteiger partial charge is 0.482 e. The van der Waals surface area contributed by atoms with Gasteiger partial charge in [-0.15, -0.1) is 0 Å². The van der Waals surface area contributed by atoms with Gasteiger partial charge in [0.05, 0.1) is 0 Å². The average Bonchev–Trinajstić information content (AvgIpc) is 2.60. The number of amides is 1. The Morgan fingerprint density at radius 2 is 1.92 bits per heavy atom. The van der Waals surface area contributed by atoms with Gasteiger partial charge >= 0.3 is 5.97 Å². The first-order chi connectivity index (χ1) is 12.0. The summed E-state index contributed by atoms with van der Waals surface area (Å²) < 4.78 is 10.3. The highest BCUT2D eigenvalue weighted by molar-refractivity contribution is 6.30. The summed E-state index contributed by atoms with van der Waals surface area (Å²) in [4.78, 5) is 34.3. The highest BCUT2D eigenvalue weighted by atomic mass is 35.5. The van der Waals surface area contributed by atoms with Gasteiger partial charge < -0.3 is 14.8 Å². The second-order valence-electron chi connectivity index (χ2n) is 5.11. The predicted molar refractivity (Wildman–Crippen MR) is 93.0 cm³/mol. The Bertz CT molecular complexity index is 760. The quantitative estimate of drug-likeness (QED) is 0.605. The summed E-state index contributed by atoms with van der Waals surface area (Å²) in [5.74, 6) is -0.752. The zero-order valence-electron chi connectivity index (χ0n) is 13.4. The molecular formula is C18H16ClNO5. The number of hydrogen-bond acceptors (Lipinski definition) is 5. The minimum atomic E-state index is -0.993. The van der Waals surface area contributed by atoms with Gasteiger partial charge in [0.25, 0.3) is 5.91 Å². The van der Waals surface area contributed by atoms with E-state index in [1.54, 1.807) is 48.5 Å². The van der Waals surface area contributed by atoms with E-state index in [4.69, 9.17) is 21.1 Å². The fourth-order valence-electron chi connectivity index (χ4n) is 1.88. The summed E-state index contributed by atoms with van der Waals surface area (Å²) in [5.41, 5.74) is 1.01. The SMILES string of the molecule is C[C@@H](OC(=O)COc1ccc(C=O)cc1)C(=O)Nc1cccc(Cl)c1. The molecule has 0 spiro atoms. The van der Waals surface area contributed by atoms with Crippen molar-refractivity contribution in [3.05, 3.63) is 59.1 Å². The molecule has 0 bridgehead atoms. The lowest BCUT2D eigenvalue weighted by molar-refractivity contribution is -0.155. The Hall–Kier alpha value is -2.86. The van der Waals surface area contributed by atoms with Gasteiger partial charge in [0.15, 0.2) is 12.7 Å². The molecule has 1 atom stereocenters. The first-order valence-electron chi connectivity index (χ1n) is 7.42. The standard InChI is InChI=1S/C18H16ClNO5/c1-12(18(23)20-15-4-2-3-14(19)9-15)25-17(22)11-24-16-7-5-13(10-21)6-8-16/h2-10,12H,11H2,1H3,(H,20,23)/t12-/m1/s1. The Kier molecular flexibility index (Phi) is 6.54. The Morgan fingerprint density at radius 3 is 2.56 bits per heavy atom. The third kappa shape index (κ3) is 5.93. The van der Waals surface area contributed by atoms with Crippen LogP contribution in [0.25, 0.3) is 0 Å². The van der Waals surface area contributed by atoms with Gasteiger partial charge in [-0.05, 0) is 49.4 Å². The van der Waals surface area contributed by atoms with Crippen LogP contribution in [0.3, 0.4) is 0 Å². The summed E-state index contributed by atoms with van der Waals surface area (Å²) in [5, 5.41) is 3.08. The van der Waals surface area contributed by atoms with Crippen LogP contribution in [0.1, 0.15) is 17.3 Å². The normalized spacial score (nSPS) is 11.3. The molecule has 1 N–H and O–H groups in total. The van der Waals surface area contributed by atoms with Gasteiger partial charge in [0.2, 0.25) is 0 Å². The van der Waals surface area contributed by atoms with E-state index < -0.39 is 18.0 Å². The lowest BCUT2D eigenvalue weighted by Crippen LogP contribution is -2.31. The topological polar surface area (TPSA) is 81.7 Å². The highest BCUT2D eigenvalue weighted by Crippen LogP contribution is 2.15. The molecule has 0 unspecified atom stereocenters. The Balaban J connectivity index is 1.80. The molecule has 130 valence electrons. The maximum absolute atomic E-state index is 12.0. The lowest BCUT2D eigenvalue weighted by atomic mass is 10.2. The van der Waals surface area contributed by atoms with Crippen molar-refractivity contribution in [1.82, 2.24) is 0 Å². The molecule has 0 aliphatic heterocycles. The number of esters is 1. The van der Waals surface area contributed by atoms with Crippen LogP contribution in [0.15, 0.2) is 48.5 Å². The monoisotopic (exact) mass is 361 g/mol. The number of hydrogen-bond donors (Lipinski definition) is 1. The summed E-state index contributed by atoms with van der Waals surface area (Å²) in [6.07, 6.45) is -0.286. The number of aldehydes is 1. The Morgan fingerprint density at radius 1 is 1.20 bits per heavy atom. The van der Waals surface area contributed by atoms with E-state index in [1.807, 2.05) is 0 Å². The molecule has 0 fully saturated rings. The molecule has 0 aliphatic rings. The molecule has 2 aromatic rings. The fourth-order valence-corrected chi connectivity index (χ4v) is 2.07. The van der Waals surface area contributed by atoms with Gasteiger partial charge in [0.1, 0.15) is 12.0 Å². The number of carbonyl (C=O) groups excluding carboxylic acids is 3. The smallest absolute Gasteiger partial charge is 0.344 e. The molecule has 0 aromatic heterocycles. The van der Waals surface area contributed by atoms with E-state index in [0.29, 0.717) is 28.3 Å². The number of benzene rings is 2. The minimum absolute atomic E-state index is 0.352. The number of halogens is 1. The van der Waals surface area contributed by atoms with Crippen molar-refractivity contribution in [2.75, 3.05) is 11.9 Å². The van der Waals surface area contributed by atoms with Crippen molar-refractivity contribution >= 4 is 35.5 Å². The maximum Gasteiger partial charge on any atom is 0.344 e. The minimum Gasteiger partial charge on any atom is -0.482 e. The van der Waals surface area contributed by atoms with Crippen LogP contribution >= 0.6 is 11.6 Å². The summed E-state index contributed by atoms with van der Waals surface area (Å²) in [6.45, 7) is 1.10. The van der Waals surface area contributed by atoms with E-state index in [9.17, 15) is 14.4 Å².